The van der Waals surface area contributed by atoms with Crippen LogP contribution < -0.4 is 0 Å². The lowest BCUT2D eigenvalue weighted by molar-refractivity contribution is 0.0563. The molecular formula is C17H13N5O3S. The van der Waals surface area contributed by atoms with Crippen LogP contribution in [0, 0.1) is 0 Å². The van der Waals surface area contributed by atoms with Crippen LogP contribution in [-0.4, -0.2) is 44.2 Å². The summed E-state index contributed by atoms with van der Waals surface area (Å²) in [7, 11) is 0. The Bertz CT molecular complexity index is 1030. The Labute approximate surface area is 151 Å². The van der Waals surface area contributed by atoms with Crippen molar-refractivity contribution in [1.82, 2.24) is 25.2 Å². The van der Waals surface area contributed by atoms with E-state index < -0.39 is 0 Å². The van der Waals surface area contributed by atoms with E-state index in [1.807, 2.05) is 22.9 Å². The molecule has 1 saturated heterocycles. The fraction of sp³-hybridized carbons (Fsp3) is 0.176. The second kappa shape index (κ2) is 5.95. The Kier molecular flexibility index (Phi) is 3.45. The molecule has 1 amide bonds. The molecule has 1 fully saturated rings. The smallest absolute Gasteiger partial charge is 0.274 e. The highest BCUT2D eigenvalue weighted by Crippen LogP contribution is 2.29. The number of furan rings is 1. The summed E-state index contributed by atoms with van der Waals surface area (Å²) in [6.07, 6.45) is 1.58. The molecule has 4 aromatic heterocycles. The molecule has 8 nitrogen and oxygen atoms in total. The number of amides is 1. The third kappa shape index (κ3) is 2.53. The lowest BCUT2D eigenvalue weighted by Gasteiger charge is -2.36. The minimum atomic E-state index is -0.132. The van der Waals surface area contributed by atoms with Crippen molar-refractivity contribution in [3.8, 4) is 22.8 Å². The predicted molar refractivity (Wildman–Crippen MR) is 92.5 cm³/mol. The van der Waals surface area contributed by atoms with Crippen molar-refractivity contribution in [3.63, 3.8) is 0 Å². The van der Waals surface area contributed by atoms with Gasteiger partial charge in [0.15, 0.2) is 11.5 Å². The number of aromatic amines is 1. The minimum absolute atomic E-state index is 0.0577. The van der Waals surface area contributed by atoms with Gasteiger partial charge in [0.05, 0.1) is 12.2 Å². The van der Waals surface area contributed by atoms with Gasteiger partial charge in [0.25, 0.3) is 5.91 Å². The number of H-pyrrole nitrogens is 1. The molecule has 0 bridgehead atoms. The van der Waals surface area contributed by atoms with Gasteiger partial charge in [0.1, 0.15) is 5.69 Å². The van der Waals surface area contributed by atoms with Crippen LogP contribution in [0.25, 0.3) is 22.8 Å². The molecule has 0 unspecified atom stereocenters. The molecule has 0 saturated carbocycles. The molecule has 5 heterocycles. The highest BCUT2D eigenvalue weighted by molar-refractivity contribution is 7.08. The van der Waals surface area contributed by atoms with Gasteiger partial charge in [0.2, 0.25) is 11.7 Å². The normalized spacial score (nSPS) is 14.5. The quantitative estimate of drug-likeness (QED) is 0.595. The highest BCUT2D eigenvalue weighted by atomic mass is 32.1. The molecule has 4 aromatic rings. The number of nitrogens with one attached hydrogen (secondary N) is 1. The van der Waals surface area contributed by atoms with Gasteiger partial charge < -0.3 is 13.8 Å². The van der Waals surface area contributed by atoms with Gasteiger partial charge in [-0.05, 0) is 23.6 Å². The summed E-state index contributed by atoms with van der Waals surface area (Å²) in [4.78, 5) is 18.7. The number of rotatable bonds is 4. The Balaban J connectivity index is 1.25. The maximum atomic E-state index is 12.5. The fourth-order valence-electron chi connectivity index (χ4n) is 2.86. The van der Waals surface area contributed by atoms with Gasteiger partial charge in [-0.2, -0.15) is 21.4 Å². The molecule has 1 aliphatic rings. The minimum Gasteiger partial charge on any atom is -0.463 e. The largest absolute Gasteiger partial charge is 0.463 e. The number of aromatic nitrogens is 4. The number of hydrogen-bond acceptors (Lipinski definition) is 7. The SMILES string of the molecule is O=C(c1cc(-c2ccco2)[nH]n1)N1CC(c2nc(-c3ccsc3)no2)C1. The maximum absolute atomic E-state index is 12.5. The number of carbonyl (C=O) groups is 1. The van der Waals surface area contributed by atoms with Gasteiger partial charge in [-0.1, -0.05) is 5.16 Å². The Hall–Kier alpha value is -3.20. The van der Waals surface area contributed by atoms with Crippen molar-refractivity contribution in [1.29, 1.82) is 0 Å². The van der Waals surface area contributed by atoms with Crippen LogP contribution in [0.3, 0.4) is 0 Å². The van der Waals surface area contributed by atoms with Crippen LogP contribution in [0.1, 0.15) is 22.3 Å². The molecule has 0 aliphatic carbocycles. The van der Waals surface area contributed by atoms with Crippen molar-refractivity contribution in [2.75, 3.05) is 13.1 Å². The van der Waals surface area contributed by atoms with Crippen LogP contribution in [0.2, 0.25) is 0 Å². The summed E-state index contributed by atoms with van der Waals surface area (Å²) in [5.41, 5.74) is 1.98. The summed E-state index contributed by atoms with van der Waals surface area (Å²) in [6, 6.07) is 7.23. The first-order valence-corrected chi connectivity index (χ1v) is 8.97. The lowest BCUT2D eigenvalue weighted by atomic mass is 9.99. The van der Waals surface area contributed by atoms with Gasteiger partial charge in [0, 0.05) is 30.1 Å². The fourth-order valence-corrected chi connectivity index (χ4v) is 3.50. The van der Waals surface area contributed by atoms with E-state index in [9.17, 15) is 4.79 Å². The first-order valence-electron chi connectivity index (χ1n) is 8.02. The van der Waals surface area contributed by atoms with E-state index in [-0.39, 0.29) is 11.8 Å². The van der Waals surface area contributed by atoms with Gasteiger partial charge in [-0.15, -0.1) is 0 Å². The molecular weight excluding hydrogens is 354 g/mol. The van der Waals surface area contributed by atoms with E-state index >= 15 is 0 Å². The molecule has 1 N–H and O–H groups in total. The summed E-state index contributed by atoms with van der Waals surface area (Å²) >= 11 is 1.58. The molecule has 0 radical (unpaired) electrons. The number of likely N-dealkylation sites (tertiary alicyclic amines) is 1. The van der Waals surface area contributed by atoms with E-state index in [1.165, 1.54) is 0 Å². The monoisotopic (exact) mass is 367 g/mol. The van der Waals surface area contributed by atoms with Crippen LogP contribution in [0.5, 0.6) is 0 Å². The Morgan fingerprint density at radius 2 is 2.27 bits per heavy atom. The maximum Gasteiger partial charge on any atom is 0.274 e. The predicted octanol–water partition coefficient (Wildman–Crippen LogP) is 3.02. The third-order valence-electron chi connectivity index (χ3n) is 4.32. The Morgan fingerprint density at radius 1 is 1.35 bits per heavy atom. The van der Waals surface area contributed by atoms with E-state index in [2.05, 4.69) is 20.3 Å². The third-order valence-corrected chi connectivity index (χ3v) is 5.01. The van der Waals surface area contributed by atoms with E-state index in [0.717, 1.165) is 5.56 Å². The van der Waals surface area contributed by atoms with Crippen LogP contribution in [-0.2, 0) is 0 Å². The highest BCUT2D eigenvalue weighted by Gasteiger charge is 2.37. The first-order chi connectivity index (χ1) is 12.8. The second-order valence-corrected chi connectivity index (χ2v) is 6.80. The Morgan fingerprint density at radius 3 is 3.04 bits per heavy atom. The summed E-state index contributed by atoms with van der Waals surface area (Å²) in [5.74, 6) is 1.72. The topological polar surface area (TPSA) is 101 Å². The number of carbonyl (C=O) groups excluding carboxylic acids is 1. The average molecular weight is 367 g/mol. The number of nitrogens with zero attached hydrogens (tertiary/aromatic N) is 4. The summed E-state index contributed by atoms with van der Waals surface area (Å²) < 4.78 is 10.6. The summed E-state index contributed by atoms with van der Waals surface area (Å²) in [5, 5.41) is 14.9. The van der Waals surface area contributed by atoms with E-state index in [4.69, 9.17) is 8.94 Å². The molecule has 0 atom stereocenters. The van der Waals surface area contributed by atoms with Gasteiger partial charge in [-0.3, -0.25) is 9.89 Å². The average Bonchev–Trinajstić information content (AvgIpc) is 3.40. The van der Waals surface area contributed by atoms with Gasteiger partial charge >= 0.3 is 0 Å². The van der Waals surface area contributed by atoms with E-state index in [1.54, 1.807) is 34.6 Å². The van der Waals surface area contributed by atoms with Crippen LogP contribution >= 0.6 is 11.3 Å². The standard InChI is InChI=1S/C17H13N5O3S/c23-17(13-6-12(19-20-13)14-2-1-4-24-14)22-7-11(8-22)16-18-15(21-25-16)10-3-5-26-9-10/h1-6,9,11H,7-8H2,(H,19,20). The zero-order chi connectivity index (χ0) is 17.5. The molecule has 9 heteroatoms. The number of thiophene rings is 1. The zero-order valence-corrected chi connectivity index (χ0v) is 14.3. The van der Waals surface area contributed by atoms with Crippen molar-refractivity contribution < 1.29 is 13.7 Å². The van der Waals surface area contributed by atoms with Crippen molar-refractivity contribution >= 4 is 17.2 Å². The molecule has 130 valence electrons. The molecule has 5 rings (SSSR count). The van der Waals surface area contributed by atoms with Crippen molar-refractivity contribution in [3.05, 3.63) is 52.9 Å². The molecule has 0 spiro atoms. The van der Waals surface area contributed by atoms with Crippen molar-refractivity contribution in [2.45, 2.75) is 5.92 Å². The molecule has 26 heavy (non-hydrogen) atoms. The first kappa shape index (κ1) is 15.1. The molecule has 0 aromatic carbocycles. The number of hydrogen-bond donors (Lipinski definition) is 1. The molecule has 1 aliphatic heterocycles. The van der Waals surface area contributed by atoms with Crippen LogP contribution in [0.4, 0.5) is 0 Å². The van der Waals surface area contributed by atoms with Crippen molar-refractivity contribution in [2.24, 2.45) is 0 Å². The van der Waals surface area contributed by atoms with Gasteiger partial charge in [-0.25, -0.2) is 0 Å². The zero-order valence-electron chi connectivity index (χ0n) is 13.5. The second-order valence-electron chi connectivity index (χ2n) is 6.02. The summed E-state index contributed by atoms with van der Waals surface area (Å²) in [6.45, 7) is 1.07. The van der Waals surface area contributed by atoms with Crippen LogP contribution in [0.15, 0.2) is 50.2 Å². The lowest BCUT2D eigenvalue weighted by Crippen LogP contribution is -2.48. The van der Waals surface area contributed by atoms with E-state index in [0.29, 0.717) is 42.0 Å².